The molecule has 0 aliphatic rings. The Labute approximate surface area is 112 Å². The fraction of sp³-hybridized carbons (Fsp3) is 0.0769. The molecule has 3 nitrogen and oxygen atoms in total. The molecule has 1 aromatic carbocycles. The highest BCUT2D eigenvalue weighted by molar-refractivity contribution is 7.07. The highest BCUT2D eigenvalue weighted by atomic mass is 35.5. The second-order valence-electron chi connectivity index (χ2n) is 3.61. The number of benzene rings is 1. The van der Waals surface area contributed by atoms with Crippen LogP contribution in [0.1, 0.15) is 5.56 Å². The molecular weight excluding hydrogens is 268 g/mol. The van der Waals surface area contributed by atoms with Gasteiger partial charge in [-0.2, -0.15) is 5.26 Å². The molecule has 0 saturated carbocycles. The lowest BCUT2D eigenvalue weighted by molar-refractivity contribution is 0.857. The van der Waals surface area contributed by atoms with E-state index in [-0.39, 0.29) is 5.56 Å². The Morgan fingerprint density at radius 3 is 2.83 bits per heavy atom. The van der Waals surface area contributed by atoms with E-state index in [2.05, 4.69) is 0 Å². The molecule has 0 bridgehead atoms. The van der Waals surface area contributed by atoms with Crippen molar-refractivity contribution in [1.29, 1.82) is 5.26 Å². The number of hydrogen-bond acceptors (Lipinski definition) is 3. The highest BCUT2D eigenvalue weighted by Crippen LogP contribution is 2.14. The van der Waals surface area contributed by atoms with Crippen molar-refractivity contribution in [2.45, 2.75) is 0 Å². The number of nitrogens with zero attached hydrogens (tertiary/aromatic N) is 2. The summed E-state index contributed by atoms with van der Waals surface area (Å²) in [6, 6.07) is 9.23. The second kappa shape index (κ2) is 5.21. The molecule has 5 heteroatoms. The number of halogens is 1. The molecule has 0 unspecified atom stereocenters. The van der Waals surface area contributed by atoms with Gasteiger partial charge in [-0.05, 0) is 17.7 Å². The van der Waals surface area contributed by atoms with Crippen molar-refractivity contribution < 1.29 is 0 Å². The second-order valence-corrected chi connectivity index (χ2v) is 5.08. The average Bonchev–Trinajstić information content (AvgIpc) is 2.61. The molecule has 0 atom stereocenters. The normalized spacial score (nSPS) is 12.7. The Hall–Kier alpha value is -1.83. The number of aromatic nitrogens is 1. The molecule has 2 aromatic rings. The zero-order chi connectivity index (χ0) is 13.1. The first kappa shape index (κ1) is 12.6. The fourth-order valence-corrected chi connectivity index (χ4v) is 2.65. The summed E-state index contributed by atoms with van der Waals surface area (Å²) in [7, 11) is 1.64. The van der Waals surface area contributed by atoms with Crippen LogP contribution in [0.15, 0.2) is 29.1 Å². The van der Waals surface area contributed by atoms with Crippen LogP contribution in [0.3, 0.4) is 0 Å². The van der Waals surface area contributed by atoms with E-state index in [9.17, 15) is 4.79 Å². The molecule has 0 aliphatic heterocycles. The molecule has 0 amide bonds. The third kappa shape index (κ3) is 2.37. The summed E-state index contributed by atoms with van der Waals surface area (Å²) in [6.45, 7) is 0. The maximum atomic E-state index is 11.9. The smallest absolute Gasteiger partial charge is 0.268 e. The van der Waals surface area contributed by atoms with Crippen molar-refractivity contribution in [3.05, 3.63) is 54.4 Å². The van der Waals surface area contributed by atoms with Gasteiger partial charge in [0.25, 0.3) is 5.56 Å². The van der Waals surface area contributed by atoms with E-state index < -0.39 is 0 Å². The molecular formula is C13H9ClN2OS. The first-order valence-corrected chi connectivity index (χ1v) is 6.35. The van der Waals surface area contributed by atoms with Gasteiger partial charge in [0.05, 0.1) is 10.6 Å². The van der Waals surface area contributed by atoms with E-state index >= 15 is 0 Å². The Morgan fingerprint density at radius 2 is 2.17 bits per heavy atom. The van der Waals surface area contributed by atoms with Gasteiger partial charge in [-0.25, -0.2) is 0 Å². The maximum absolute atomic E-state index is 11.9. The minimum Gasteiger partial charge on any atom is -0.301 e. The third-order valence-corrected chi connectivity index (χ3v) is 3.90. The van der Waals surface area contributed by atoms with Gasteiger partial charge in [-0.3, -0.25) is 4.79 Å². The van der Waals surface area contributed by atoms with Crippen LogP contribution in [0.2, 0.25) is 5.02 Å². The molecule has 18 heavy (non-hydrogen) atoms. The van der Waals surface area contributed by atoms with Crippen LogP contribution in [0.4, 0.5) is 0 Å². The lowest BCUT2D eigenvalue weighted by Crippen LogP contribution is -2.28. The lowest BCUT2D eigenvalue weighted by atomic mass is 10.2. The van der Waals surface area contributed by atoms with Crippen LogP contribution in [0.5, 0.6) is 0 Å². The molecule has 0 aliphatic carbocycles. The van der Waals surface area contributed by atoms with Crippen LogP contribution in [0, 0.1) is 11.3 Å². The predicted octanol–water partition coefficient (Wildman–Crippen LogP) is 1.23. The molecule has 2 rings (SSSR count). The molecule has 90 valence electrons. The summed E-state index contributed by atoms with van der Waals surface area (Å²) < 4.78 is 2.64. The number of nitriles is 1. The molecule has 0 saturated heterocycles. The van der Waals surface area contributed by atoms with Crippen molar-refractivity contribution in [3.63, 3.8) is 0 Å². The Kier molecular flexibility index (Phi) is 3.66. The van der Waals surface area contributed by atoms with Crippen LogP contribution < -0.4 is 14.8 Å². The fourth-order valence-electron chi connectivity index (χ4n) is 1.50. The van der Waals surface area contributed by atoms with E-state index in [0.717, 1.165) is 5.56 Å². The van der Waals surface area contributed by atoms with E-state index in [1.54, 1.807) is 19.2 Å². The lowest BCUT2D eigenvalue weighted by Gasteiger charge is -1.94. The van der Waals surface area contributed by atoms with Crippen molar-refractivity contribution in [3.8, 4) is 6.07 Å². The van der Waals surface area contributed by atoms with E-state index in [1.165, 1.54) is 22.0 Å². The van der Waals surface area contributed by atoms with Gasteiger partial charge in [-0.1, -0.05) is 29.8 Å². The maximum Gasteiger partial charge on any atom is 0.268 e. The van der Waals surface area contributed by atoms with Crippen molar-refractivity contribution >= 4 is 35.1 Å². The van der Waals surface area contributed by atoms with Crippen LogP contribution >= 0.6 is 22.9 Å². The zero-order valence-electron chi connectivity index (χ0n) is 9.55. The summed E-state index contributed by atoms with van der Waals surface area (Å²) >= 11 is 7.31. The van der Waals surface area contributed by atoms with Crippen LogP contribution in [0.25, 0.3) is 12.2 Å². The Balaban J connectivity index is 2.72. The molecule has 1 heterocycles. The minimum absolute atomic E-state index is 0.124. The largest absolute Gasteiger partial charge is 0.301 e. The summed E-state index contributed by atoms with van der Waals surface area (Å²) in [5, 5.41) is 9.23. The number of hydrogen-bond donors (Lipinski definition) is 0. The quantitative estimate of drug-likeness (QED) is 0.787. The van der Waals surface area contributed by atoms with Gasteiger partial charge in [0.1, 0.15) is 4.66 Å². The summed E-state index contributed by atoms with van der Waals surface area (Å²) in [5.41, 5.74) is 0.669. The molecule has 1 aromatic heterocycles. The SMILES string of the molecule is Cn1c(=O)/c(=C\c2ccccc2Cl)s/c1=C\C#N. The predicted molar refractivity (Wildman–Crippen MR) is 73.9 cm³/mol. The molecule has 0 N–H and O–H groups in total. The number of thiazole rings is 1. The number of rotatable bonds is 1. The summed E-state index contributed by atoms with van der Waals surface area (Å²) in [5.74, 6) is 0. The van der Waals surface area contributed by atoms with Gasteiger partial charge in [0.2, 0.25) is 0 Å². The standard InChI is InChI=1S/C13H9ClN2OS/c1-16-12(6-7-15)18-11(13(16)17)8-9-4-2-3-5-10(9)14/h2-6,8H,1H3/b11-8+,12-6-. The first-order valence-electron chi connectivity index (χ1n) is 5.15. The first-order chi connectivity index (χ1) is 8.63. The van der Waals surface area contributed by atoms with Gasteiger partial charge < -0.3 is 4.57 Å². The minimum atomic E-state index is -0.124. The van der Waals surface area contributed by atoms with Crippen LogP contribution in [-0.2, 0) is 7.05 Å². The van der Waals surface area contributed by atoms with Crippen molar-refractivity contribution in [2.24, 2.45) is 7.05 Å². The monoisotopic (exact) mass is 276 g/mol. The summed E-state index contributed by atoms with van der Waals surface area (Å²) in [4.78, 5) is 11.9. The molecule has 0 radical (unpaired) electrons. The van der Waals surface area contributed by atoms with Gasteiger partial charge in [0.15, 0.2) is 0 Å². The van der Waals surface area contributed by atoms with Crippen molar-refractivity contribution in [2.75, 3.05) is 0 Å². The zero-order valence-corrected chi connectivity index (χ0v) is 11.1. The Morgan fingerprint density at radius 1 is 1.44 bits per heavy atom. The van der Waals surface area contributed by atoms with E-state index in [1.807, 2.05) is 24.3 Å². The van der Waals surface area contributed by atoms with Gasteiger partial charge in [-0.15, -0.1) is 11.3 Å². The Bertz CT molecular complexity index is 796. The highest BCUT2D eigenvalue weighted by Gasteiger charge is 2.01. The third-order valence-electron chi connectivity index (χ3n) is 2.44. The average molecular weight is 277 g/mol. The van der Waals surface area contributed by atoms with Gasteiger partial charge >= 0.3 is 0 Å². The van der Waals surface area contributed by atoms with E-state index in [0.29, 0.717) is 14.2 Å². The summed E-state index contributed by atoms with van der Waals surface area (Å²) in [6.07, 6.45) is 3.10. The molecule has 0 fully saturated rings. The van der Waals surface area contributed by atoms with E-state index in [4.69, 9.17) is 16.9 Å². The van der Waals surface area contributed by atoms with Gasteiger partial charge in [0, 0.05) is 18.1 Å². The topological polar surface area (TPSA) is 45.8 Å². The molecule has 0 spiro atoms. The van der Waals surface area contributed by atoms with Crippen molar-refractivity contribution in [1.82, 2.24) is 4.57 Å². The van der Waals surface area contributed by atoms with Crippen LogP contribution in [-0.4, -0.2) is 4.57 Å².